The fourth-order valence-electron chi connectivity index (χ4n) is 3.79. The molecule has 0 atom stereocenters. The normalized spacial score (nSPS) is 14.6. The van der Waals surface area contributed by atoms with Gasteiger partial charge in [0.05, 0.1) is 11.7 Å². The number of hydrogen-bond donors (Lipinski definition) is 0. The molecular formula is C28H40N2O2. The minimum atomic E-state index is -0.382. The summed E-state index contributed by atoms with van der Waals surface area (Å²) in [7, 11) is 1.71. The van der Waals surface area contributed by atoms with Crippen LogP contribution in [0.3, 0.4) is 0 Å². The molecule has 2 rings (SSSR count). The van der Waals surface area contributed by atoms with Gasteiger partial charge < -0.3 is 4.74 Å². The molecule has 0 N–H and O–H groups in total. The first-order valence-corrected chi connectivity index (χ1v) is 11.6. The average molecular weight is 437 g/mol. The minimum absolute atomic E-state index is 0.197. The van der Waals surface area contributed by atoms with Crippen molar-refractivity contribution < 1.29 is 9.53 Å². The highest BCUT2D eigenvalue weighted by Crippen LogP contribution is 2.28. The Morgan fingerprint density at radius 1 is 1.31 bits per heavy atom. The number of aromatic nitrogens is 1. The maximum absolute atomic E-state index is 12.5. The number of carbonyl (C=O) groups excluding carboxylic acids is 1. The maximum atomic E-state index is 12.5. The van der Waals surface area contributed by atoms with E-state index >= 15 is 0 Å². The van der Waals surface area contributed by atoms with E-state index in [1.165, 1.54) is 32.1 Å². The predicted molar refractivity (Wildman–Crippen MR) is 138 cm³/mol. The van der Waals surface area contributed by atoms with Crippen LogP contribution >= 0.6 is 0 Å². The van der Waals surface area contributed by atoms with Gasteiger partial charge in [-0.25, -0.2) is 4.79 Å². The smallest absolute Gasteiger partial charge is 0.340 e. The van der Waals surface area contributed by atoms with E-state index in [2.05, 4.69) is 29.2 Å². The van der Waals surface area contributed by atoms with Gasteiger partial charge in [-0.05, 0) is 45.1 Å². The highest BCUT2D eigenvalue weighted by Gasteiger charge is 2.21. The lowest BCUT2D eigenvalue weighted by Gasteiger charge is -2.16. The fraction of sp³-hybridized carbons (Fsp3) is 0.464. The van der Waals surface area contributed by atoms with Crippen molar-refractivity contribution in [2.75, 3.05) is 7.05 Å². The van der Waals surface area contributed by atoms with Gasteiger partial charge in [-0.3, -0.25) is 9.98 Å². The van der Waals surface area contributed by atoms with Crippen LogP contribution < -0.4 is 0 Å². The average Bonchev–Trinajstić information content (AvgIpc) is 3.26. The Hall–Kier alpha value is -2.75. The summed E-state index contributed by atoms with van der Waals surface area (Å²) in [5.74, 6) is 0.611. The van der Waals surface area contributed by atoms with Crippen LogP contribution in [0.25, 0.3) is 11.6 Å². The molecule has 1 aliphatic rings. The third kappa shape index (κ3) is 8.78. The van der Waals surface area contributed by atoms with Gasteiger partial charge in [0.15, 0.2) is 0 Å². The zero-order valence-corrected chi connectivity index (χ0v) is 20.6. The summed E-state index contributed by atoms with van der Waals surface area (Å²) < 4.78 is 5.39. The summed E-state index contributed by atoms with van der Waals surface area (Å²) in [6.45, 7) is 15.0. The maximum Gasteiger partial charge on any atom is 0.340 e. The molecule has 0 radical (unpaired) electrons. The van der Waals surface area contributed by atoms with Crippen molar-refractivity contribution in [2.24, 2.45) is 10.9 Å². The molecule has 0 bridgehead atoms. The lowest BCUT2D eigenvalue weighted by atomic mass is 9.93. The zero-order valence-electron chi connectivity index (χ0n) is 20.6. The van der Waals surface area contributed by atoms with E-state index in [0.29, 0.717) is 5.56 Å². The Morgan fingerprint density at radius 2 is 2.00 bits per heavy atom. The fourth-order valence-corrected chi connectivity index (χ4v) is 3.79. The van der Waals surface area contributed by atoms with E-state index in [0.717, 1.165) is 34.7 Å². The van der Waals surface area contributed by atoms with Gasteiger partial charge in [0.25, 0.3) is 0 Å². The first kappa shape index (κ1) is 27.3. The second-order valence-electron chi connectivity index (χ2n) is 8.22. The summed E-state index contributed by atoms with van der Waals surface area (Å²) in [5.41, 5.74) is 3.81. The Balaban J connectivity index is 0.000000533. The largest absolute Gasteiger partial charge is 0.459 e. The molecule has 4 nitrogen and oxygen atoms in total. The molecule has 1 heterocycles. The Morgan fingerprint density at radius 3 is 2.53 bits per heavy atom. The van der Waals surface area contributed by atoms with E-state index in [9.17, 15) is 4.79 Å². The Labute approximate surface area is 194 Å². The molecule has 0 unspecified atom stereocenters. The number of aliphatic imine (C=N–C) groups is 1. The second-order valence-corrected chi connectivity index (χ2v) is 8.22. The van der Waals surface area contributed by atoms with Crippen LogP contribution in [0.15, 0.2) is 48.7 Å². The Bertz CT molecular complexity index is 841. The summed E-state index contributed by atoms with van der Waals surface area (Å²) >= 11 is 0. The third-order valence-corrected chi connectivity index (χ3v) is 5.23. The molecule has 1 aliphatic carbocycles. The van der Waals surface area contributed by atoms with E-state index in [1.54, 1.807) is 25.5 Å². The molecule has 1 saturated carbocycles. The van der Waals surface area contributed by atoms with Crippen molar-refractivity contribution in [1.82, 2.24) is 4.98 Å². The minimum Gasteiger partial charge on any atom is -0.459 e. The van der Waals surface area contributed by atoms with E-state index in [-0.39, 0.29) is 12.1 Å². The Kier molecular flexibility index (Phi) is 12.9. The standard InChI is InChI=1S/C20H26N2O2.C8H14/c1-7-9-11-17-15(5)22-13-18(20(23)24-14(3)4)19(17)16(10-8-2)12-21-6;1-2-5-8-6-3-4-7-8/h7,9-14H,1,8H2,2-6H3;2,8H,1,3-7H2/b11-9-,16-10+,21-12?;. The number of carbonyl (C=O) groups is 1. The highest BCUT2D eigenvalue weighted by molar-refractivity contribution is 6.14. The molecule has 174 valence electrons. The number of hydrogen-bond acceptors (Lipinski definition) is 4. The second kappa shape index (κ2) is 15.1. The topological polar surface area (TPSA) is 51.5 Å². The van der Waals surface area contributed by atoms with Crippen LogP contribution in [0.2, 0.25) is 0 Å². The lowest BCUT2D eigenvalue weighted by molar-refractivity contribution is 0.0377. The van der Waals surface area contributed by atoms with Crippen molar-refractivity contribution in [2.45, 2.75) is 72.3 Å². The molecule has 0 aromatic carbocycles. The first-order valence-electron chi connectivity index (χ1n) is 11.6. The monoisotopic (exact) mass is 436 g/mol. The van der Waals surface area contributed by atoms with Gasteiger partial charge in [-0.2, -0.15) is 0 Å². The van der Waals surface area contributed by atoms with Crippen LogP contribution in [0.4, 0.5) is 0 Å². The van der Waals surface area contributed by atoms with E-state index < -0.39 is 0 Å². The van der Waals surface area contributed by atoms with Crippen molar-refractivity contribution in [1.29, 1.82) is 0 Å². The van der Waals surface area contributed by atoms with Crippen LogP contribution in [-0.2, 0) is 4.74 Å². The lowest BCUT2D eigenvalue weighted by Crippen LogP contribution is -2.15. The van der Waals surface area contributed by atoms with Crippen molar-refractivity contribution >= 4 is 23.8 Å². The van der Waals surface area contributed by atoms with Gasteiger partial charge in [0.1, 0.15) is 0 Å². The number of rotatable bonds is 9. The van der Waals surface area contributed by atoms with Crippen molar-refractivity contribution in [3.8, 4) is 0 Å². The quantitative estimate of drug-likeness (QED) is 0.175. The number of pyridine rings is 1. The molecule has 1 aromatic rings. The molecule has 0 amide bonds. The van der Waals surface area contributed by atoms with Crippen molar-refractivity contribution in [3.05, 3.63) is 66.0 Å². The SMILES string of the molecule is C=C/C=C\c1c(C)ncc(C(=O)OC(C)C)c1/C(C=NC)=C/CC.C=CCC1CCCC1. The zero-order chi connectivity index (χ0) is 23.9. The molecule has 0 aliphatic heterocycles. The first-order chi connectivity index (χ1) is 15.4. The van der Waals surface area contributed by atoms with E-state index in [4.69, 9.17) is 4.74 Å². The third-order valence-electron chi connectivity index (χ3n) is 5.23. The summed E-state index contributed by atoms with van der Waals surface area (Å²) in [5, 5.41) is 0. The van der Waals surface area contributed by atoms with Gasteiger partial charge in [-0.1, -0.05) is 69.6 Å². The van der Waals surface area contributed by atoms with Crippen LogP contribution in [0.5, 0.6) is 0 Å². The molecule has 0 spiro atoms. The number of allylic oxidation sites excluding steroid dienone is 5. The van der Waals surface area contributed by atoms with Crippen LogP contribution in [0.1, 0.15) is 86.5 Å². The van der Waals surface area contributed by atoms with Gasteiger partial charge in [-0.15, -0.1) is 6.58 Å². The highest BCUT2D eigenvalue weighted by atomic mass is 16.5. The van der Waals surface area contributed by atoms with Crippen molar-refractivity contribution in [3.63, 3.8) is 0 Å². The van der Waals surface area contributed by atoms with E-state index in [1.807, 2.05) is 45.9 Å². The van der Waals surface area contributed by atoms with Gasteiger partial charge in [0, 0.05) is 36.3 Å². The molecule has 32 heavy (non-hydrogen) atoms. The van der Waals surface area contributed by atoms with Gasteiger partial charge in [0.2, 0.25) is 0 Å². The van der Waals surface area contributed by atoms with Crippen LogP contribution in [0, 0.1) is 12.8 Å². The molecule has 1 aromatic heterocycles. The summed E-state index contributed by atoms with van der Waals surface area (Å²) in [6, 6.07) is 0. The number of aryl methyl sites for hydroxylation is 1. The number of nitrogens with zero attached hydrogens (tertiary/aromatic N) is 2. The summed E-state index contributed by atoms with van der Waals surface area (Å²) in [6.07, 6.45) is 20.6. The molecule has 1 fully saturated rings. The van der Waals surface area contributed by atoms with Crippen LogP contribution in [-0.4, -0.2) is 30.3 Å². The molecule has 0 saturated heterocycles. The summed E-state index contributed by atoms with van der Waals surface area (Å²) in [4.78, 5) is 21.0. The van der Waals surface area contributed by atoms with Gasteiger partial charge >= 0.3 is 5.97 Å². The number of esters is 1. The molecule has 4 heteroatoms. The molecular weight excluding hydrogens is 396 g/mol. The predicted octanol–water partition coefficient (Wildman–Crippen LogP) is 7.40. The number of ether oxygens (including phenoxy) is 1.